The van der Waals surface area contributed by atoms with Crippen LogP contribution in [0.1, 0.15) is 12.5 Å². The number of nitrogens with one attached hydrogen (secondary N) is 1. The summed E-state index contributed by atoms with van der Waals surface area (Å²) < 4.78 is 0. The average Bonchev–Trinajstić information content (AvgIpc) is 2.38. The van der Waals surface area contributed by atoms with Crippen molar-refractivity contribution in [3.63, 3.8) is 0 Å². The maximum Gasteiger partial charge on any atom is 0.333 e. The normalized spacial score (nSPS) is 13.8. The average molecular weight is 243 g/mol. The van der Waals surface area contributed by atoms with Crippen LogP contribution in [0.4, 0.5) is 0 Å². The number of fused-ring (bicyclic) bond motifs is 1. The molecule has 2 aromatic carbocycles. The minimum atomic E-state index is -1.43. The Kier molecular flexibility index (Phi) is 3.02. The molecule has 0 bridgehead atoms. The number of rotatable bonds is 4. The first kappa shape index (κ1) is 12.1. The molecule has 0 saturated carbocycles. The molecule has 0 heterocycles. The van der Waals surface area contributed by atoms with Gasteiger partial charge >= 0.3 is 5.97 Å². The van der Waals surface area contributed by atoms with E-state index in [2.05, 4.69) is 5.32 Å². The molecule has 2 aromatic rings. The van der Waals surface area contributed by atoms with E-state index < -0.39 is 11.5 Å². The lowest BCUT2D eigenvalue weighted by atomic mass is 9.88. The summed E-state index contributed by atoms with van der Waals surface area (Å²) in [4.78, 5) is 22.1. The Balaban J connectivity index is 2.72. The fraction of sp³-hybridized carbons (Fsp3) is 0.143. The van der Waals surface area contributed by atoms with Crippen LogP contribution in [0.2, 0.25) is 0 Å². The van der Waals surface area contributed by atoms with E-state index in [-0.39, 0.29) is 0 Å². The van der Waals surface area contributed by atoms with Gasteiger partial charge in [-0.25, -0.2) is 4.79 Å². The molecule has 0 spiro atoms. The van der Waals surface area contributed by atoms with E-state index >= 15 is 0 Å². The summed E-state index contributed by atoms with van der Waals surface area (Å²) in [6.45, 7) is 1.48. The maximum atomic E-state index is 11.4. The van der Waals surface area contributed by atoms with Gasteiger partial charge in [-0.3, -0.25) is 4.79 Å². The van der Waals surface area contributed by atoms with Gasteiger partial charge in [0.25, 0.3) is 0 Å². The fourth-order valence-electron chi connectivity index (χ4n) is 2.03. The number of benzene rings is 2. The predicted molar refractivity (Wildman–Crippen MR) is 68.1 cm³/mol. The van der Waals surface area contributed by atoms with Gasteiger partial charge in [0.1, 0.15) is 0 Å². The predicted octanol–water partition coefficient (Wildman–Crippen LogP) is 1.89. The van der Waals surface area contributed by atoms with Gasteiger partial charge in [0, 0.05) is 0 Å². The van der Waals surface area contributed by atoms with Crippen molar-refractivity contribution >= 4 is 23.2 Å². The van der Waals surface area contributed by atoms with E-state index in [1.54, 1.807) is 12.1 Å². The van der Waals surface area contributed by atoms with Crippen LogP contribution in [0.3, 0.4) is 0 Å². The van der Waals surface area contributed by atoms with E-state index in [4.69, 9.17) is 0 Å². The van der Waals surface area contributed by atoms with Crippen molar-refractivity contribution in [2.24, 2.45) is 0 Å². The van der Waals surface area contributed by atoms with E-state index in [9.17, 15) is 14.7 Å². The number of hydrogen-bond acceptors (Lipinski definition) is 2. The van der Waals surface area contributed by atoms with Crippen LogP contribution in [0.15, 0.2) is 42.5 Å². The SMILES string of the molecule is C[C@](NC=O)(C(=O)O)c1cccc2ccccc12. The van der Waals surface area contributed by atoms with Crippen LogP contribution in [-0.4, -0.2) is 17.5 Å². The minimum Gasteiger partial charge on any atom is -0.479 e. The Hall–Kier alpha value is -2.36. The van der Waals surface area contributed by atoms with E-state index in [1.807, 2.05) is 30.3 Å². The van der Waals surface area contributed by atoms with Crippen LogP contribution >= 0.6 is 0 Å². The Labute approximate surface area is 104 Å². The molecule has 0 unspecified atom stereocenters. The second-order valence-corrected chi connectivity index (χ2v) is 4.22. The van der Waals surface area contributed by atoms with Crippen molar-refractivity contribution in [2.75, 3.05) is 0 Å². The van der Waals surface area contributed by atoms with Crippen LogP contribution in [0.25, 0.3) is 10.8 Å². The molecule has 1 atom stereocenters. The lowest BCUT2D eigenvalue weighted by Crippen LogP contribution is -2.46. The zero-order valence-corrected chi connectivity index (χ0v) is 9.88. The molecule has 0 fully saturated rings. The van der Waals surface area contributed by atoms with Gasteiger partial charge in [-0.15, -0.1) is 0 Å². The van der Waals surface area contributed by atoms with Crippen molar-refractivity contribution in [3.8, 4) is 0 Å². The number of carboxylic acid groups (broad SMARTS) is 1. The van der Waals surface area contributed by atoms with Gasteiger partial charge in [0.2, 0.25) is 6.41 Å². The van der Waals surface area contributed by atoms with Gasteiger partial charge in [0.05, 0.1) is 0 Å². The molecule has 0 aliphatic rings. The molecule has 92 valence electrons. The third-order valence-corrected chi connectivity index (χ3v) is 3.10. The highest BCUT2D eigenvalue weighted by atomic mass is 16.4. The molecule has 18 heavy (non-hydrogen) atoms. The molecular formula is C14H13NO3. The third-order valence-electron chi connectivity index (χ3n) is 3.10. The van der Waals surface area contributed by atoms with Crippen molar-refractivity contribution in [1.82, 2.24) is 5.32 Å². The summed E-state index contributed by atoms with van der Waals surface area (Å²) >= 11 is 0. The highest BCUT2D eigenvalue weighted by Crippen LogP contribution is 2.28. The molecule has 0 aliphatic carbocycles. The molecule has 4 heteroatoms. The zero-order chi connectivity index (χ0) is 13.2. The zero-order valence-electron chi connectivity index (χ0n) is 9.88. The quantitative estimate of drug-likeness (QED) is 0.806. The summed E-state index contributed by atoms with van der Waals surface area (Å²) in [5.74, 6) is -1.09. The smallest absolute Gasteiger partial charge is 0.333 e. The van der Waals surface area contributed by atoms with Crippen molar-refractivity contribution in [2.45, 2.75) is 12.5 Å². The molecule has 2 rings (SSSR count). The maximum absolute atomic E-state index is 11.4. The van der Waals surface area contributed by atoms with Crippen LogP contribution in [0.5, 0.6) is 0 Å². The standard InChI is InChI=1S/C14H13NO3/c1-14(13(17)18,15-9-16)12-8-4-6-10-5-2-3-7-11(10)12/h2-9H,1H3,(H,15,16)(H,17,18)/t14-/m1/s1. The summed E-state index contributed by atoms with van der Waals surface area (Å²) in [5, 5.41) is 13.5. The molecule has 0 saturated heterocycles. The second-order valence-electron chi connectivity index (χ2n) is 4.22. The Morgan fingerprint density at radius 3 is 2.56 bits per heavy atom. The monoisotopic (exact) mass is 243 g/mol. The molecule has 0 aliphatic heterocycles. The molecule has 4 nitrogen and oxygen atoms in total. The van der Waals surface area contributed by atoms with Crippen LogP contribution in [0, 0.1) is 0 Å². The van der Waals surface area contributed by atoms with Gasteiger partial charge in [-0.05, 0) is 23.3 Å². The number of carboxylic acids is 1. The van der Waals surface area contributed by atoms with E-state index in [1.165, 1.54) is 6.92 Å². The van der Waals surface area contributed by atoms with Crippen LogP contribution < -0.4 is 5.32 Å². The molecule has 0 aromatic heterocycles. The highest BCUT2D eigenvalue weighted by molar-refractivity contribution is 5.93. The molecule has 2 N–H and O–H groups in total. The van der Waals surface area contributed by atoms with Crippen LogP contribution in [-0.2, 0) is 15.1 Å². The minimum absolute atomic E-state index is 0.413. The highest BCUT2D eigenvalue weighted by Gasteiger charge is 2.35. The lowest BCUT2D eigenvalue weighted by molar-refractivity contribution is -0.145. The Bertz CT molecular complexity index is 604. The largest absolute Gasteiger partial charge is 0.479 e. The summed E-state index contributed by atoms with van der Waals surface area (Å²) in [7, 11) is 0. The second kappa shape index (κ2) is 4.49. The first-order chi connectivity index (χ1) is 8.59. The number of hydrogen-bond donors (Lipinski definition) is 2. The Morgan fingerprint density at radius 2 is 1.89 bits per heavy atom. The van der Waals surface area contributed by atoms with Gasteiger partial charge in [0.15, 0.2) is 5.54 Å². The number of carbonyl (C=O) groups is 2. The summed E-state index contributed by atoms with van der Waals surface area (Å²) in [6.07, 6.45) is 0.413. The molecular weight excluding hydrogens is 230 g/mol. The topological polar surface area (TPSA) is 66.4 Å². The van der Waals surface area contributed by atoms with Gasteiger partial charge < -0.3 is 10.4 Å². The number of carbonyl (C=O) groups excluding carboxylic acids is 1. The van der Waals surface area contributed by atoms with Crippen molar-refractivity contribution < 1.29 is 14.7 Å². The van der Waals surface area contributed by atoms with Crippen molar-refractivity contribution in [3.05, 3.63) is 48.0 Å². The molecule has 0 radical (unpaired) electrons. The fourth-order valence-corrected chi connectivity index (χ4v) is 2.03. The third kappa shape index (κ3) is 1.82. The van der Waals surface area contributed by atoms with Gasteiger partial charge in [-0.1, -0.05) is 42.5 Å². The first-order valence-corrected chi connectivity index (χ1v) is 5.52. The lowest BCUT2D eigenvalue weighted by Gasteiger charge is -2.26. The van der Waals surface area contributed by atoms with Crippen molar-refractivity contribution in [1.29, 1.82) is 0 Å². The summed E-state index contributed by atoms with van der Waals surface area (Å²) in [6, 6.07) is 12.9. The number of aliphatic carboxylic acids is 1. The summed E-state index contributed by atoms with van der Waals surface area (Å²) in [5.41, 5.74) is -0.858. The molecule has 1 amide bonds. The first-order valence-electron chi connectivity index (χ1n) is 5.52. The number of amides is 1. The Morgan fingerprint density at radius 1 is 1.22 bits per heavy atom. The van der Waals surface area contributed by atoms with E-state index in [0.717, 1.165) is 10.8 Å². The van der Waals surface area contributed by atoms with Gasteiger partial charge in [-0.2, -0.15) is 0 Å². The van der Waals surface area contributed by atoms with E-state index in [0.29, 0.717) is 12.0 Å².